The minimum absolute atomic E-state index is 0.0533. The summed E-state index contributed by atoms with van der Waals surface area (Å²) in [5.74, 6) is -0.324. The van der Waals surface area contributed by atoms with Crippen LogP contribution in [-0.2, 0) is 0 Å². The van der Waals surface area contributed by atoms with Crippen LogP contribution < -0.4 is 22.0 Å². The molecule has 2 aromatic rings. The van der Waals surface area contributed by atoms with Crippen LogP contribution in [0.15, 0.2) is 58.7 Å². The molecule has 0 aliphatic heterocycles. The molecule has 2 rings (SSSR count). The van der Waals surface area contributed by atoms with Crippen LogP contribution in [0.1, 0.15) is 11.1 Å². The summed E-state index contributed by atoms with van der Waals surface area (Å²) in [6, 6.07) is 13.6. The normalized spacial score (nSPS) is 10.9. The van der Waals surface area contributed by atoms with Crippen LogP contribution in [0.4, 0.5) is 5.69 Å². The fourth-order valence-electron chi connectivity index (χ4n) is 1.88. The van der Waals surface area contributed by atoms with Crippen LogP contribution in [0, 0.1) is 10.1 Å². The highest BCUT2D eigenvalue weighted by atomic mass is 17.0. The molecule has 0 aliphatic rings. The standard InChI is InChI=1S/C14H14N6O3/c15-12-10(7-4-8-11(12)23-20(21)22)13(18-19-14(16)17)9-5-2-1-3-6-9/h1-8H,15H2,(H4,16,17,19)/b18-13-. The van der Waals surface area contributed by atoms with Crippen molar-refractivity contribution < 1.29 is 9.92 Å². The van der Waals surface area contributed by atoms with Crippen LogP contribution in [0.5, 0.6) is 5.75 Å². The molecule has 0 unspecified atom stereocenters. The van der Waals surface area contributed by atoms with Gasteiger partial charge in [0.1, 0.15) is 11.5 Å². The zero-order chi connectivity index (χ0) is 16.8. The molecule has 2 aromatic carbocycles. The van der Waals surface area contributed by atoms with Crippen LogP contribution in [0.25, 0.3) is 0 Å². The Kier molecular flexibility index (Phi) is 4.72. The summed E-state index contributed by atoms with van der Waals surface area (Å²) in [5, 5.41) is 17.2. The molecule has 0 bridgehead atoms. The molecule has 118 valence electrons. The van der Waals surface area contributed by atoms with Gasteiger partial charge >= 0.3 is 0 Å². The van der Waals surface area contributed by atoms with E-state index in [1.807, 2.05) is 6.07 Å². The molecule has 6 N–H and O–H groups in total. The molecule has 9 nitrogen and oxygen atoms in total. The maximum atomic E-state index is 10.5. The van der Waals surface area contributed by atoms with Gasteiger partial charge in [0.15, 0.2) is 0 Å². The molecule has 0 amide bonds. The minimum atomic E-state index is -0.940. The van der Waals surface area contributed by atoms with Crippen molar-refractivity contribution in [2.45, 2.75) is 0 Å². The van der Waals surface area contributed by atoms with Crippen LogP contribution in [-0.4, -0.2) is 16.8 Å². The van der Waals surface area contributed by atoms with Gasteiger partial charge in [0.05, 0.1) is 5.69 Å². The molecular weight excluding hydrogens is 300 g/mol. The average molecular weight is 314 g/mol. The van der Waals surface area contributed by atoms with E-state index in [4.69, 9.17) is 17.2 Å². The van der Waals surface area contributed by atoms with Crippen LogP contribution in [0.2, 0.25) is 0 Å². The van der Waals surface area contributed by atoms with E-state index in [9.17, 15) is 10.1 Å². The first kappa shape index (κ1) is 15.8. The summed E-state index contributed by atoms with van der Waals surface area (Å²) in [6.45, 7) is 0. The van der Waals surface area contributed by atoms with Crippen LogP contribution in [0.3, 0.4) is 0 Å². The molecule has 0 aliphatic carbocycles. The van der Waals surface area contributed by atoms with Crippen molar-refractivity contribution in [1.82, 2.24) is 0 Å². The van der Waals surface area contributed by atoms with Crippen molar-refractivity contribution in [2.75, 3.05) is 5.73 Å². The van der Waals surface area contributed by atoms with Crippen molar-refractivity contribution >= 4 is 17.4 Å². The lowest BCUT2D eigenvalue weighted by Gasteiger charge is -2.11. The number of rotatable bonds is 5. The van der Waals surface area contributed by atoms with Gasteiger partial charge in [0.2, 0.25) is 5.96 Å². The first-order valence-corrected chi connectivity index (χ1v) is 6.42. The summed E-state index contributed by atoms with van der Waals surface area (Å²) >= 11 is 0. The fourth-order valence-corrected chi connectivity index (χ4v) is 1.88. The van der Waals surface area contributed by atoms with Gasteiger partial charge in [-0.05, 0) is 6.07 Å². The Morgan fingerprint density at radius 2 is 1.74 bits per heavy atom. The van der Waals surface area contributed by atoms with Crippen molar-refractivity contribution in [3.05, 3.63) is 69.8 Å². The first-order valence-electron chi connectivity index (χ1n) is 6.42. The largest absolute Gasteiger partial charge is 0.396 e. The number of nitrogens with two attached hydrogens (primary N) is 3. The molecule has 0 heterocycles. The van der Waals surface area contributed by atoms with Crippen molar-refractivity contribution in [1.29, 1.82) is 0 Å². The monoisotopic (exact) mass is 314 g/mol. The van der Waals surface area contributed by atoms with Gasteiger partial charge in [-0.1, -0.05) is 42.5 Å². The van der Waals surface area contributed by atoms with E-state index in [-0.39, 0.29) is 17.4 Å². The Hall–Kier alpha value is -3.62. The van der Waals surface area contributed by atoms with Crippen LogP contribution >= 0.6 is 0 Å². The Morgan fingerprint density at radius 3 is 2.35 bits per heavy atom. The fraction of sp³-hybridized carbons (Fsp3) is 0. The average Bonchev–Trinajstić information content (AvgIpc) is 2.51. The number of hydrogen-bond acceptors (Lipinski definition) is 6. The van der Waals surface area contributed by atoms with Gasteiger partial charge in [0.25, 0.3) is 5.09 Å². The van der Waals surface area contributed by atoms with E-state index in [0.717, 1.165) is 0 Å². The Labute approximate surface area is 131 Å². The SMILES string of the molecule is NC(N)=N/N=C(/c1ccccc1)c1cccc(O[N+](=O)[O-])c1N. The molecule has 0 saturated heterocycles. The second-order valence-corrected chi connectivity index (χ2v) is 4.37. The summed E-state index contributed by atoms with van der Waals surface area (Å²) in [5.41, 5.74) is 18.1. The lowest BCUT2D eigenvalue weighted by Crippen LogP contribution is -2.22. The summed E-state index contributed by atoms with van der Waals surface area (Å²) in [4.78, 5) is 15.0. The Balaban J connectivity index is 2.59. The van der Waals surface area contributed by atoms with Gasteiger partial charge in [-0.3, -0.25) is 4.84 Å². The molecule has 0 saturated carbocycles. The first-order chi connectivity index (χ1) is 11.0. The molecular formula is C14H14N6O3. The molecule has 0 fully saturated rings. The predicted octanol–water partition coefficient (Wildman–Crippen LogP) is 0.865. The van der Waals surface area contributed by atoms with Crippen molar-refractivity contribution in [3.63, 3.8) is 0 Å². The number of anilines is 1. The van der Waals surface area contributed by atoms with Gasteiger partial charge in [0, 0.05) is 11.1 Å². The van der Waals surface area contributed by atoms with Gasteiger partial charge in [-0.25, -0.2) is 0 Å². The number of nitrogen functional groups attached to an aromatic ring is 1. The third kappa shape index (κ3) is 3.94. The van der Waals surface area contributed by atoms with Crippen molar-refractivity contribution in [3.8, 4) is 5.75 Å². The molecule has 0 radical (unpaired) electrons. The van der Waals surface area contributed by atoms with Gasteiger partial charge in [-0.15, -0.1) is 20.3 Å². The summed E-state index contributed by atoms with van der Waals surface area (Å²) in [6.07, 6.45) is 0. The molecule has 23 heavy (non-hydrogen) atoms. The lowest BCUT2D eigenvalue weighted by molar-refractivity contribution is -0.710. The predicted molar refractivity (Wildman–Crippen MR) is 86.4 cm³/mol. The number of hydrogen-bond donors (Lipinski definition) is 3. The second kappa shape index (κ2) is 6.89. The number of guanidine groups is 1. The van der Waals surface area contributed by atoms with E-state index in [1.54, 1.807) is 36.4 Å². The zero-order valence-corrected chi connectivity index (χ0v) is 11.9. The van der Waals surface area contributed by atoms with E-state index in [2.05, 4.69) is 15.0 Å². The number of para-hydroxylation sites is 1. The summed E-state index contributed by atoms with van der Waals surface area (Å²) < 4.78 is 0. The molecule has 9 heteroatoms. The minimum Gasteiger partial charge on any atom is -0.396 e. The van der Waals surface area contributed by atoms with E-state index < -0.39 is 5.09 Å². The highest BCUT2D eigenvalue weighted by Gasteiger charge is 2.15. The third-order valence-electron chi connectivity index (χ3n) is 2.81. The van der Waals surface area contributed by atoms with E-state index in [0.29, 0.717) is 16.8 Å². The number of benzene rings is 2. The Morgan fingerprint density at radius 1 is 1.04 bits per heavy atom. The smallest absolute Gasteiger partial charge is 0.299 e. The van der Waals surface area contributed by atoms with Gasteiger partial charge in [-0.2, -0.15) is 0 Å². The molecule has 0 spiro atoms. The zero-order valence-electron chi connectivity index (χ0n) is 11.9. The maximum absolute atomic E-state index is 10.5. The highest BCUT2D eigenvalue weighted by Crippen LogP contribution is 2.27. The highest BCUT2D eigenvalue weighted by molar-refractivity contribution is 6.16. The molecule has 0 atom stereocenters. The summed E-state index contributed by atoms with van der Waals surface area (Å²) in [7, 11) is 0. The Bertz CT molecular complexity index is 769. The molecule has 0 aromatic heterocycles. The second-order valence-electron chi connectivity index (χ2n) is 4.37. The number of nitrogens with zero attached hydrogens (tertiary/aromatic N) is 3. The van der Waals surface area contributed by atoms with Crippen molar-refractivity contribution in [2.24, 2.45) is 21.7 Å². The topological polar surface area (TPSA) is 155 Å². The quantitative estimate of drug-likeness (QED) is 0.244. The van der Waals surface area contributed by atoms with E-state index in [1.165, 1.54) is 6.07 Å². The van der Waals surface area contributed by atoms with Gasteiger partial charge < -0.3 is 17.2 Å². The third-order valence-corrected chi connectivity index (χ3v) is 2.81. The van der Waals surface area contributed by atoms with E-state index >= 15 is 0 Å². The maximum Gasteiger partial charge on any atom is 0.299 e. The lowest BCUT2D eigenvalue weighted by atomic mass is 10.0.